The summed E-state index contributed by atoms with van der Waals surface area (Å²) in [7, 11) is 0. The van der Waals surface area contributed by atoms with Crippen molar-refractivity contribution in [2.24, 2.45) is 0 Å². The number of halogens is 8. The minimum Gasteiger partial charge on any atom is -0.480 e. The van der Waals surface area contributed by atoms with Gasteiger partial charge >= 0.3 is 12.4 Å². The van der Waals surface area contributed by atoms with Gasteiger partial charge in [-0.1, -0.05) is 35.3 Å². The zero-order valence-corrected chi connectivity index (χ0v) is 20.9. The van der Waals surface area contributed by atoms with Crippen molar-refractivity contribution in [3.05, 3.63) is 75.0 Å². The lowest BCUT2D eigenvalue weighted by Crippen LogP contribution is -2.44. The molecule has 2 aliphatic heterocycles. The molecule has 204 valence electrons. The van der Waals surface area contributed by atoms with Crippen molar-refractivity contribution in [2.75, 3.05) is 13.2 Å². The van der Waals surface area contributed by atoms with Crippen molar-refractivity contribution in [1.29, 1.82) is 0 Å². The molecule has 38 heavy (non-hydrogen) atoms. The van der Waals surface area contributed by atoms with E-state index in [1.165, 1.54) is 31.2 Å². The third-order valence-corrected chi connectivity index (χ3v) is 6.48. The van der Waals surface area contributed by atoms with Crippen molar-refractivity contribution in [3.63, 3.8) is 0 Å². The Bertz CT molecular complexity index is 1290. The number of hydroxylamine groups is 2. The van der Waals surface area contributed by atoms with E-state index in [1.807, 2.05) is 0 Å². The van der Waals surface area contributed by atoms with E-state index in [9.17, 15) is 35.9 Å². The monoisotopic (exact) mass is 582 g/mol. The van der Waals surface area contributed by atoms with Crippen LogP contribution in [0.4, 0.5) is 26.3 Å². The Morgan fingerprint density at radius 2 is 1.76 bits per heavy atom. The average molecular weight is 583 g/mol. The molecule has 0 saturated carbocycles. The summed E-state index contributed by atoms with van der Waals surface area (Å²) >= 11 is 11.8. The lowest BCUT2D eigenvalue weighted by atomic mass is 9.85. The van der Waals surface area contributed by atoms with Gasteiger partial charge in [0.2, 0.25) is 5.60 Å². The smallest absolute Gasteiger partial charge is 0.432 e. The maximum absolute atomic E-state index is 14.2. The Kier molecular flexibility index (Phi) is 7.36. The number of carbonyl (C=O) groups excluding carboxylic acids is 2. The SMILES string of the molecule is Cc1cc(C2=COC(c3cc(Cl)cc(Cl)c3)(C(F)(F)F)C2)ccc1C(=O)NC1CON(CC(F)(F)F)C1=O. The molecule has 0 aromatic heterocycles. The molecule has 2 aromatic carbocycles. The molecule has 1 N–H and O–H groups in total. The molecule has 1 saturated heterocycles. The largest absolute Gasteiger partial charge is 0.480 e. The third kappa shape index (κ3) is 5.57. The Labute approximate surface area is 222 Å². The Balaban J connectivity index is 1.51. The zero-order valence-electron chi connectivity index (χ0n) is 19.3. The number of nitrogens with one attached hydrogen (secondary N) is 1. The summed E-state index contributed by atoms with van der Waals surface area (Å²) < 4.78 is 85.6. The molecule has 1 fully saturated rings. The van der Waals surface area contributed by atoms with Crippen LogP contribution in [0.2, 0.25) is 10.0 Å². The van der Waals surface area contributed by atoms with Gasteiger partial charge in [-0.3, -0.25) is 14.4 Å². The lowest BCUT2D eigenvalue weighted by Gasteiger charge is -2.32. The van der Waals surface area contributed by atoms with Gasteiger partial charge in [-0.25, -0.2) is 5.06 Å². The molecule has 2 atom stereocenters. The van der Waals surface area contributed by atoms with E-state index in [0.29, 0.717) is 11.1 Å². The van der Waals surface area contributed by atoms with Crippen LogP contribution < -0.4 is 5.32 Å². The van der Waals surface area contributed by atoms with Crippen LogP contribution in [-0.4, -0.2) is 48.4 Å². The van der Waals surface area contributed by atoms with Gasteiger partial charge < -0.3 is 10.1 Å². The van der Waals surface area contributed by atoms with Gasteiger partial charge in [-0.15, -0.1) is 0 Å². The van der Waals surface area contributed by atoms with Crippen LogP contribution in [0.1, 0.15) is 33.5 Å². The van der Waals surface area contributed by atoms with Crippen molar-refractivity contribution in [2.45, 2.75) is 37.3 Å². The second kappa shape index (κ2) is 9.97. The maximum atomic E-state index is 14.2. The first-order chi connectivity index (χ1) is 17.6. The number of nitrogens with zero attached hydrogens (tertiary/aromatic N) is 1. The number of hydrogen-bond acceptors (Lipinski definition) is 4. The third-order valence-electron chi connectivity index (χ3n) is 6.04. The molecule has 4 rings (SSSR count). The van der Waals surface area contributed by atoms with Crippen LogP contribution in [-0.2, 0) is 20.0 Å². The lowest BCUT2D eigenvalue weighted by molar-refractivity contribution is -0.260. The fourth-order valence-corrected chi connectivity index (χ4v) is 4.72. The summed E-state index contributed by atoms with van der Waals surface area (Å²) in [5.41, 5.74) is -2.06. The summed E-state index contributed by atoms with van der Waals surface area (Å²) in [5, 5.41) is 2.47. The molecule has 2 heterocycles. The van der Waals surface area contributed by atoms with Crippen LogP contribution in [0.25, 0.3) is 5.57 Å². The highest BCUT2D eigenvalue weighted by Crippen LogP contribution is 2.52. The molecule has 0 spiro atoms. The minimum atomic E-state index is -4.83. The average Bonchev–Trinajstić information content (AvgIpc) is 3.38. The molecular weight excluding hydrogens is 565 g/mol. The summed E-state index contributed by atoms with van der Waals surface area (Å²) in [4.78, 5) is 29.5. The number of ether oxygens (including phenoxy) is 1. The van der Waals surface area contributed by atoms with Crippen molar-refractivity contribution in [3.8, 4) is 0 Å². The van der Waals surface area contributed by atoms with E-state index >= 15 is 0 Å². The quantitative estimate of drug-likeness (QED) is 0.442. The van der Waals surface area contributed by atoms with Crippen molar-refractivity contribution < 1.29 is 45.5 Å². The highest BCUT2D eigenvalue weighted by molar-refractivity contribution is 6.34. The fourth-order valence-electron chi connectivity index (χ4n) is 4.20. The molecule has 6 nitrogen and oxygen atoms in total. The van der Waals surface area contributed by atoms with E-state index in [4.69, 9.17) is 32.8 Å². The first-order valence-corrected chi connectivity index (χ1v) is 11.7. The summed E-state index contributed by atoms with van der Waals surface area (Å²) in [6, 6.07) is 6.42. The molecule has 0 radical (unpaired) electrons. The van der Waals surface area contributed by atoms with Gasteiger partial charge in [0.1, 0.15) is 19.2 Å². The number of benzene rings is 2. The summed E-state index contributed by atoms with van der Waals surface area (Å²) in [6.45, 7) is -0.579. The van der Waals surface area contributed by atoms with Crippen LogP contribution in [0.15, 0.2) is 42.7 Å². The highest BCUT2D eigenvalue weighted by Gasteiger charge is 2.60. The van der Waals surface area contributed by atoms with Crippen molar-refractivity contribution >= 4 is 40.6 Å². The topological polar surface area (TPSA) is 67.9 Å². The highest BCUT2D eigenvalue weighted by atomic mass is 35.5. The molecule has 0 bridgehead atoms. The molecule has 2 unspecified atom stereocenters. The fraction of sp³-hybridized carbons (Fsp3) is 0.333. The predicted octanol–water partition coefficient (Wildman–Crippen LogP) is 5.96. The second-order valence-electron chi connectivity index (χ2n) is 8.76. The predicted molar refractivity (Wildman–Crippen MR) is 124 cm³/mol. The van der Waals surface area contributed by atoms with Gasteiger partial charge in [-0.05, 0) is 47.9 Å². The number of aryl methyl sites for hydroxylation is 1. The number of amides is 2. The van der Waals surface area contributed by atoms with Gasteiger partial charge in [-0.2, -0.15) is 26.3 Å². The normalized spacial score (nSPS) is 21.9. The molecule has 2 amide bonds. The van der Waals surface area contributed by atoms with Gasteiger partial charge in [0, 0.05) is 27.6 Å². The van der Waals surface area contributed by atoms with E-state index < -0.39 is 55.4 Å². The van der Waals surface area contributed by atoms with Crippen LogP contribution >= 0.6 is 23.2 Å². The molecular formula is C24H18Cl2F6N2O4. The Hall–Kier alpha value is -2.96. The van der Waals surface area contributed by atoms with Crippen molar-refractivity contribution in [1.82, 2.24) is 10.4 Å². The van der Waals surface area contributed by atoms with Gasteiger partial charge in [0.15, 0.2) is 0 Å². The maximum Gasteiger partial charge on any atom is 0.432 e. The number of carbonyl (C=O) groups is 2. The molecule has 0 aliphatic carbocycles. The first-order valence-electron chi connectivity index (χ1n) is 10.9. The molecule has 2 aliphatic rings. The molecule has 14 heteroatoms. The van der Waals surface area contributed by atoms with E-state index in [0.717, 1.165) is 18.4 Å². The van der Waals surface area contributed by atoms with Gasteiger partial charge in [0.25, 0.3) is 11.8 Å². The standard InChI is InChI=1S/C24H18Cl2F6N2O4/c1-12-4-13(2-3-18(12)20(35)33-19-10-38-34(21(19)36)11-23(27,28)29)14-8-22(37-9-14,24(30,31)32)15-5-16(25)7-17(26)6-15/h2-7,9,19H,8,10-11H2,1H3,(H,33,35). The Morgan fingerprint density at radius 1 is 1.11 bits per heavy atom. The summed E-state index contributed by atoms with van der Waals surface area (Å²) in [5.74, 6) is -1.82. The minimum absolute atomic E-state index is 0.00653. The first kappa shape index (κ1) is 28.1. The number of alkyl halides is 6. The van der Waals surface area contributed by atoms with Crippen LogP contribution in [0, 0.1) is 6.92 Å². The molecule has 2 aromatic rings. The second-order valence-corrected chi connectivity index (χ2v) is 9.64. The summed E-state index contributed by atoms with van der Waals surface area (Å²) in [6.07, 6.45) is -9.12. The Morgan fingerprint density at radius 3 is 2.34 bits per heavy atom. The zero-order chi connectivity index (χ0) is 28.0. The van der Waals surface area contributed by atoms with Crippen LogP contribution in [0.3, 0.4) is 0 Å². The van der Waals surface area contributed by atoms with E-state index in [-0.39, 0.29) is 31.8 Å². The number of rotatable bonds is 5. The van der Waals surface area contributed by atoms with E-state index in [2.05, 4.69) is 5.32 Å². The van der Waals surface area contributed by atoms with Gasteiger partial charge in [0.05, 0.1) is 6.26 Å². The van der Waals surface area contributed by atoms with E-state index in [1.54, 1.807) is 0 Å². The number of hydrogen-bond donors (Lipinski definition) is 1. The van der Waals surface area contributed by atoms with Crippen LogP contribution in [0.5, 0.6) is 0 Å².